The van der Waals surface area contributed by atoms with Crippen LogP contribution in [0.2, 0.25) is 0 Å². The van der Waals surface area contributed by atoms with Gasteiger partial charge in [-0.05, 0) is 51.0 Å². The van der Waals surface area contributed by atoms with Crippen LogP contribution < -0.4 is 0 Å². The van der Waals surface area contributed by atoms with Gasteiger partial charge < -0.3 is 4.74 Å². The number of rotatable bonds is 0. The molecule has 0 bridgehead atoms. The van der Waals surface area contributed by atoms with Crippen LogP contribution in [0.4, 0.5) is 0 Å². The lowest BCUT2D eigenvalue weighted by atomic mass is 9.87. The second kappa shape index (κ2) is 3.32. The van der Waals surface area contributed by atoms with E-state index in [9.17, 15) is 0 Å². The Balaban J connectivity index is 2.78. The van der Waals surface area contributed by atoms with Crippen molar-refractivity contribution in [2.24, 2.45) is 0 Å². The van der Waals surface area contributed by atoms with Gasteiger partial charge in [0, 0.05) is 0 Å². The molecule has 0 unspecified atom stereocenters. The van der Waals surface area contributed by atoms with Crippen LogP contribution in [0.5, 0.6) is 0 Å². The molecule has 0 radical (unpaired) electrons. The predicted octanol–water partition coefficient (Wildman–Crippen LogP) is 2.93. The van der Waals surface area contributed by atoms with Gasteiger partial charge in [0.2, 0.25) is 0 Å². The lowest BCUT2D eigenvalue weighted by molar-refractivity contribution is -0.105. The standard InChI is InChI=1S/C14H14N2O/c1-13(2)11-5-9(7-15)10(8-16)6-12(11)14(3,4)17-13/h5-6H,1-4H3. The Hall–Kier alpha value is -1.84. The summed E-state index contributed by atoms with van der Waals surface area (Å²) in [4.78, 5) is 0. The zero-order chi connectivity index (χ0) is 12.8. The summed E-state index contributed by atoms with van der Waals surface area (Å²) in [6, 6.07) is 7.69. The van der Waals surface area contributed by atoms with Crippen molar-refractivity contribution >= 4 is 0 Å². The molecule has 0 spiro atoms. The molecule has 0 N–H and O–H groups in total. The fourth-order valence-corrected chi connectivity index (χ4v) is 2.53. The Kier molecular flexibility index (Phi) is 2.28. The van der Waals surface area contributed by atoms with E-state index in [4.69, 9.17) is 15.3 Å². The van der Waals surface area contributed by atoms with Crippen LogP contribution in [0.3, 0.4) is 0 Å². The molecule has 0 aromatic heterocycles. The summed E-state index contributed by atoms with van der Waals surface area (Å²) in [5, 5.41) is 18.1. The monoisotopic (exact) mass is 226 g/mol. The predicted molar refractivity (Wildman–Crippen MR) is 63.0 cm³/mol. The highest BCUT2D eigenvalue weighted by Gasteiger charge is 2.43. The van der Waals surface area contributed by atoms with E-state index < -0.39 is 11.2 Å². The molecule has 0 atom stereocenters. The minimum atomic E-state index is -0.418. The van der Waals surface area contributed by atoms with Crippen molar-refractivity contribution in [2.45, 2.75) is 38.9 Å². The van der Waals surface area contributed by atoms with E-state index in [-0.39, 0.29) is 0 Å². The maximum atomic E-state index is 9.04. The van der Waals surface area contributed by atoms with Crippen LogP contribution >= 0.6 is 0 Å². The fourth-order valence-electron chi connectivity index (χ4n) is 2.53. The summed E-state index contributed by atoms with van der Waals surface area (Å²) < 4.78 is 5.99. The SMILES string of the molecule is CC1(C)OC(C)(C)c2cc(C#N)c(C#N)cc21. The zero-order valence-corrected chi connectivity index (χ0v) is 10.5. The van der Waals surface area contributed by atoms with E-state index in [0.717, 1.165) is 11.1 Å². The van der Waals surface area contributed by atoms with Crippen LogP contribution in [-0.4, -0.2) is 0 Å². The molecule has 0 saturated carbocycles. The first-order valence-electron chi connectivity index (χ1n) is 5.51. The van der Waals surface area contributed by atoms with Crippen LogP contribution in [-0.2, 0) is 15.9 Å². The van der Waals surface area contributed by atoms with Gasteiger partial charge in [-0.15, -0.1) is 0 Å². The van der Waals surface area contributed by atoms with Crippen LogP contribution in [0.15, 0.2) is 12.1 Å². The first-order chi connectivity index (χ1) is 7.81. The number of ether oxygens (including phenoxy) is 1. The van der Waals surface area contributed by atoms with Crippen molar-refractivity contribution in [3.05, 3.63) is 34.4 Å². The number of fused-ring (bicyclic) bond motifs is 1. The number of nitriles is 2. The van der Waals surface area contributed by atoms with Gasteiger partial charge in [-0.2, -0.15) is 10.5 Å². The van der Waals surface area contributed by atoms with Gasteiger partial charge in [0.05, 0.1) is 22.3 Å². The first kappa shape index (κ1) is 11.6. The molecule has 1 heterocycles. The average Bonchev–Trinajstić information content (AvgIpc) is 2.42. The van der Waals surface area contributed by atoms with Crippen molar-refractivity contribution in [1.82, 2.24) is 0 Å². The molecule has 3 heteroatoms. The Bertz CT molecular complexity index is 520. The molecule has 1 aliphatic rings. The molecule has 0 fully saturated rings. The Morgan fingerprint density at radius 1 is 0.882 bits per heavy atom. The van der Waals surface area contributed by atoms with Gasteiger partial charge in [-0.3, -0.25) is 0 Å². The summed E-state index contributed by atoms with van der Waals surface area (Å²) in [6.45, 7) is 7.92. The van der Waals surface area contributed by atoms with Crippen LogP contribution in [0.1, 0.15) is 49.9 Å². The maximum Gasteiger partial charge on any atom is 0.101 e. The van der Waals surface area contributed by atoms with Crippen molar-refractivity contribution in [2.75, 3.05) is 0 Å². The summed E-state index contributed by atoms with van der Waals surface area (Å²) in [7, 11) is 0. The lowest BCUT2D eigenvalue weighted by Crippen LogP contribution is -2.22. The van der Waals surface area contributed by atoms with Gasteiger partial charge in [-0.1, -0.05) is 0 Å². The Labute approximate surface area is 101 Å². The van der Waals surface area contributed by atoms with E-state index in [1.165, 1.54) is 0 Å². The maximum absolute atomic E-state index is 9.04. The second-order valence-electron chi connectivity index (χ2n) is 5.29. The van der Waals surface area contributed by atoms with Crippen molar-refractivity contribution < 1.29 is 4.74 Å². The van der Waals surface area contributed by atoms with E-state index in [0.29, 0.717) is 11.1 Å². The number of hydrogen-bond donors (Lipinski definition) is 0. The molecule has 1 aromatic rings. The third-order valence-corrected chi connectivity index (χ3v) is 3.21. The van der Waals surface area contributed by atoms with Gasteiger partial charge in [0.1, 0.15) is 12.1 Å². The van der Waals surface area contributed by atoms with Crippen LogP contribution in [0, 0.1) is 22.7 Å². The molecule has 3 nitrogen and oxygen atoms in total. The molecule has 1 aliphatic heterocycles. The van der Waals surface area contributed by atoms with E-state index >= 15 is 0 Å². The van der Waals surface area contributed by atoms with E-state index in [2.05, 4.69) is 12.1 Å². The summed E-state index contributed by atoms with van der Waals surface area (Å²) in [5.74, 6) is 0. The van der Waals surface area contributed by atoms with Gasteiger partial charge >= 0.3 is 0 Å². The third-order valence-electron chi connectivity index (χ3n) is 3.21. The number of nitrogens with zero attached hydrogens (tertiary/aromatic N) is 2. The molecule has 2 rings (SSSR count). The van der Waals surface area contributed by atoms with E-state index in [1.54, 1.807) is 12.1 Å². The molecular weight excluding hydrogens is 212 g/mol. The minimum absolute atomic E-state index is 0.417. The number of hydrogen-bond acceptors (Lipinski definition) is 3. The van der Waals surface area contributed by atoms with Gasteiger partial charge in [0.25, 0.3) is 0 Å². The zero-order valence-electron chi connectivity index (χ0n) is 10.5. The van der Waals surface area contributed by atoms with Crippen molar-refractivity contribution in [1.29, 1.82) is 10.5 Å². The quantitative estimate of drug-likeness (QED) is 0.683. The second-order valence-corrected chi connectivity index (χ2v) is 5.29. The smallest absolute Gasteiger partial charge is 0.101 e. The molecule has 86 valence electrons. The minimum Gasteiger partial charge on any atom is -0.360 e. The summed E-state index contributed by atoms with van der Waals surface area (Å²) in [6.07, 6.45) is 0. The highest BCUT2D eigenvalue weighted by atomic mass is 16.5. The first-order valence-corrected chi connectivity index (χ1v) is 5.51. The molecule has 0 aliphatic carbocycles. The van der Waals surface area contributed by atoms with Crippen molar-refractivity contribution in [3.8, 4) is 12.1 Å². The lowest BCUT2D eigenvalue weighted by Gasteiger charge is -2.24. The van der Waals surface area contributed by atoms with Gasteiger partial charge in [0.15, 0.2) is 0 Å². The average molecular weight is 226 g/mol. The largest absolute Gasteiger partial charge is 0.360 e. The molecule has 1 aromatic carbocycles. The molecule has 0 saturated heterocycles. The number of benzene rings is 1. The highest BCUT2D eigenvalue weighted by molar-refractivity contribution is 5.54. The van der Waals surface area contributed by atoms with Crippen molar-refractivity contribution in [3.63, 3.8) is 0 Å². The van der Waals surface area contributed by atoms with Gasteiger partial charge in [-0.25, -0.2) is 0 Å². The van der Waals surface area contributed by atoms with Crippen LogP contribution in [0.25, 0.3) is 0 Å². The fraction of sp³-hybridized carbons (Fsp3) is 0.429. The molecule has 0 amide bonds. The normalized spacial score (nSPS) is 19.2. The summed E-state index contributed by atoms with van der Waals surface area (Å²) >= 11 is 0. The summed E-state index contributed by atoms with van der Waals surface area (Å²) in [5.41, 5.74) is 1.99. The van der Waals surface area contributed by atoms with E-state index in [1.807, 2.05) is 27.7 Å². The topological polar surface area (TPSA) is 56.8 Å². The molecular formula is C14H14N2O. The Morgan fingerprint density at radius 2 is 1.24 bits per heavy atom. The highest BCUT2D eigenvalue weighted by Crippen LogP contribution is 2.47. The third kappa shape index (κ3) is 1.60. The molecule has 17 heavy (non-hydrogen) atoms. The Morgan fingerprint density at radius 3 is 1.53 bits per heavy atom.